The van der Waals surface area contributed by atoms with Gasteiger partial charge in [-0.3, -0.25) is 9.69 Å². The highest BCUT2D eigenvalue weighted by molar-refractivity contribution is 5.95. The number of hydrogen-bond acceptors (Lipinski definition) is 4. The van der Waals surface area contributed by atoms with E-state index in [1.54, 1.807) is 17.0 Å². The SMILES string of the molecule is COc1ccc(C2OC2N2C[C@@H](C)N(C(=O)c3ccc(F)cc3F)[C@H](C)C2)c(F)c1. The Hall–Kier alpha value is -2.58. The topological polar surface area (TPSA) is 45.3 Å². The van der Waals surface area contributed by atoms with Crippen molar-refractivity contribution in [3.63, 3.8) is 0 Å². The fourth-order valence-corrected chi connectivity index (χ4v) is 4.25. The van der Waals surface area contributed by atoms with Crippen molar-refractivity contribution in [2.24, 2.45) is 0 Å². The van der Waals surface area contributed by atoms with Crippen molar-refractivity contribution in [3.8, 4) is 5.75 Å². The van der Waals surface area contributed by atoms with Crippen LogP contribution in [0.2, 0.25) is 0 Å². The first-order valence-electron chi connectivity index (χ1n) is 9.80. The van der Waals surface area contributed by atoms with Crippen LogP contribution in [0.5, 0.6) is 5.75 Å². The fraction of sp³-hybridized carbons (Fsp3) is 0.409. The lowest BCUT2D eigenvalue weighted by Gasteiger charge is -2.44. The highest BCUT2D eigenvalue weighted by Gasteiger charge is 2.49. The largest absolute Gasteiger partial charge is 0.497 e. The summed E-state index contributed by atoms with van der Waals surface area (Å²) >= 11 is 0. The summed E-state index contributed by atoms with van der Waals surface area (Å²) in [5, 5.41) is 0. The quantitative estimate of drug-likeness (QED) is 0.707. The first-order chi connectivity index (χ1) is 14.3. The first-order valence-corrected chi connectivity index (χ1v) is 9.80. The minimum Gasteiger partial charge on any atom is -0.497 e. The molecule has 30 heavy (non-hydrogen) atoms. The number of ether oxygens (including phenoxy) is 2. The molecule has 0 radical (unpaired) electrons. The lowest BCUT2D eigenvalue weighted by Crippen LogP contribution is -2.59. The molecule has 2 aromatic carbocycles. The Morgan fingerprint density at radius 1 is 1.03 bits per heavy atom. The van der Waals surface area contributed by atoms with Gasteiger partial charge in [0.1, 0.15) is 35.5 Å². The number of hydrogen-bond donors (Lipinski definition) is 0. The highest BCUT2D eigenvalue weighted by atomic mass is 19.1. The van der Waals surface area contributed by atoms with Gasteiger partial charge in [0.25, 0.3) is 5.91 Å². The van der Waals surface area contributed by atoms with E-state index in [9.17, 15) is 18.0 Å². The zero-order chi connectivity index (χ0) is 21.6. The smallest absolute Gasteiger partial charge is 0.257 e. The monoisotopic (exact) mass is 420 g/mol. The summed E-state index contributed by atoms with van der Waals surface area (Å²) in [5.74, 6) is -2.01. The van der Waals surface area contributed by atoms with Crippen LogP contribution in [-0.2, 0) is 4.74 Å². The Bertz CT molecular complexity index is 959. The molecule has 0 spiro atoms. The molecule has 2 aliphatic rings. The van der Waals surface area contributed by atoms with Crippen LogP contribution in [0, 0.1) is 17.5 Å². The molecule has 2 saturated heterocycles. The second-order valence-electron chi connectivity index (χ2n) is 7.82. The van der Waals surface area contributed by atoms with Crippen molar-refractivity contribution in [2.75, 3.05) is 20.2 Å². The van der Waals surface area contributed by atoms with E-state index in [0.717, 1.165) is 6.07 Å². The highest BCUT2D eigenvalue weighted by Crippen LogP contribution is 2.43. The van der Waals surface area contributed by atoms with Crippen molar-refractivity contribution in [1.29, 1.82) is 0 Å². The Balaban J connectivity index is 1.45. The maximum Gasteiger partial charge on any atom is 0.257 e. The first kappa shape index (κ1) is 20.7. The fourth-order valence-electron chi connectivity index (χ4n) is 4.25. The van der Waals surface area contributed by atoms with E-state index in [0.29, 0.717) is 30.5 Å². The molecule has 2 aromatic rings. The van der Waals surface area contributed by atoms with Crippen molar-refractivity contribution in [3.05, 3.63) is 65.0 Å². The zero-order valence-corrected chi connectivity index (χ0v) is 16.9. The maximum absolute atomic E-state index is 14.3. The van der Waals surface area contributed by atoms with Gasteiger partial charge in [-0.05, 0) is 38.1 Å². The van der Waals surface area contributed by atoms with E-state index >= 15 is 0 Å². The normalized spacial score (nSPS) is 26.5. The third kappa shape index (κ3) is 3.77. The number of methoxy groups -OCH3 is 1. The summed E-state index contributed by atoms with van der Waals surface area (Å²) in [6.07, 6.45) is -0.662. The molecule has 8 heteroatoms. The summed E-state index contributed by atoms with van der Waals surface area (Å²) in [5.41, 5.74) is 0.317. The second kappa shape index (κ2) is 7.92. The molecular formula is C22H23F3N2O3. The summed E-state index contributed by atoms with van der Waals surface area (Å²) in [6, 6.07) is 7.18. The Kier molecular flexibility index (Phi) is 5.46. The number of piperazine rings is 1. The zero-order valence-electron chi connectivity index (χ0n) is 16.9. The van der Waals surface area contributed by atoms with Crippen molar-refractivity contribution in [2.45, 2.75) is 38.3 Å². The average molecular weight is 420 g/mol. The number of rotatable bonds is 4. The van der Waals surface area contributed by atoms with E-state index in [2.05, 4.69) is 4.90 Å². The Labute approximate surface area is 173 Å². The maximum atomic E-state index is 14.3. The standard InChI is InChI=1S/C22H23F3N2O3/c1-12-10-26(22-20(30-22)16-7-5-15(29-3)9-19(16)25)11-13(2)27(12)21(28)17-6-4-14(23)8-18(17)24/h4-9,12-13,20,22H,10-11H2,1-3H3/t12-,13-,20?,22?/m1/s1. The molecule has 0 aliphatic carbocycles. The van der Waals surface area contributed by atoms with Crippen molar-refractivity contribution >= 4 is 5.91 Å². The van der Waals surface area contributed by atoms with Gasteiger partial charge in [0.05, 0.1) is 12.7 Å². The van der Waals surface area contributed by atoms with E-state index in [4.69, 9.17) is 9.47 Å². The van der Waals surface area contributed by atoms with Gasteiger partial charge in [0, 0.05) is 42.9 Å². The van der Waals surface area contributed by atoms with Crippen LogP contribution in [0.15, 0.2) is 36.4 Å². The molecule has 4 atom stereocenters. The van der Waals surface area contributed by atoms with E-state index < -0.39 is 17.5 Å². The third-order valence-electron chi connectivity index (χ3n) is 5.69. The molecule has 0 aromatic heterocycles. The van der Waals surface area contributed by atoms with E-state index in [1.165, 1.54) is 19.2 Å². The van der Waals surface area contributed by atoms with E-state index in [1.807, 2.05) is 13.8 Å². The van der Waals surface area contributed by atoms with E-state index in [-0.39, 0.29) is 35.8 Å². The predicted octanol–water partition coefficient (Wildman–Crippen LogP) is 3.74. The number of epoxide rings is 1. The molecule has 2 heterocycles. The molecule has 5 nitrogen and oxygen atoms in total. The van der Waals surface area contributed by atoms with Gasteiger partial charge in [0.2, 0.25) is 0 Å². The van der Waals surface area contributed by atoms with Gasteiger partial charge in [-0.15, -0.1) is 0 Å². The third-order valence-corrected chi connectivity index (χ3v) is 5.69. The molecule has 2 unspecified atom stereocenters. The van der Waals surface area contributed by atoms with Gasteiger partial charge in [-0.25, -0.2) is 13.2 Å². The van der Waals surface area contributed by atoms with Gasteiger partial charge in [-0.2, -0.15) is 0 Å². The number of carbonyl (C=O) groups is 1. The van der Waals surface area contributed by atoms with Gasteiger partial charge < -0.3 is 14.4 Å². The summed E-state index contributed by atoms with van der Waals surface area (Å²) in [4.78, 5) is 16.6. The van der Waals surface area contributed by atoms with Crippen LogP contribution >= 0.6 is 0 Å². The van der Waals surface area contributed by atoms with Gasteiger partial charge >= 0.3 is 0 Å². The van der Waals surface area contributed by atoms with Crippen LogP contribution in [0.3, 0.4) is 0 Å². The minimum atomic E-state index is -0.873. The molecule has 160 valence electrons. The molecule has 4 rings (SSSR count). The number of amides is 1. The summed E-state index contributed by atoms with van der Waals surface area (Å²) in [7, 11) is 1.48. The summed E-state index contributed by atoms with van der Waals surface area (Å²) in [6.45, 7) is 4.73. The minimum absolute atomic E-state index is 0.149. The lowest BCUT2D eigenvalue weighted by atomic mass is 10.0. The average Bonchev–Trinajstić information content (AvgIpc) is 3.47. The van der Waals surface area contributed by atoms with Gasteiger partial charge in [-0.1, -0.05) is 0 Å². The lowest BCUT2D eigenvalue weighted by molar-refractivity contribution is 0.0151. The van der Waals surface area contributed by atoms with Crippen LogP contribution in [0.25, 0.3) is 0 Å². The predicted molar refractivity (Wildman–Crippen MR) is 104 cm³/mol. The van der Waals surface area contributed by atoms with Crippen LogP contribution in [-0.4, -0.2) is 54.2 Å². The molecule has 0 saturated carbocycles. The number of carbonyl (C=O) groups excluding carboxylic acids is 1. The number of benzene rings is 2. The molecule has 0 bridgehead atoms. The van der Waals surface area contributed by atoms with Crippen LogP contribution in [0.4, 0.5) is 13.2 Å². The molecule has 0 N–H and O–H groups in total. The summed E-state index contributed by atoms with van der Waals surface area (Å²) < 4.78 is 52.4. The van der Waals surface area contributed by atoms with Crippen LogP contribution < -0.4 is 4.74 Å². The molecule has 1 amide bonds. The molecule has 2 fully saturated rings. The molecule has 2 aliphatic heterocycles. The Morgan fingerprint density at radius 2 is 1.73 bits per heavy atom. The number of halogens is 3. The molecular weight excluding hydrogens is 397 g/mol. The number of nitrogens with zero attached hydrogens (tertiary/aromatic N) is 2. The Morgan fingerprint density at radius 3 is 2.33 bits per heavy atom. The second-order valence-corrected chi connectivity index (χ2v) is 7.82. The van der Waals surface area contributed by atoms with Gasteiger partial charge in [0.15, 0.2) is 0 Å². The van der Waals surface area contributed by atoms with Crippen molar-refractivity contribution in [1.82, 2.24) is 9.80 Å². The van der Waals surface area contributed by atoms with Crippen LogP contribution in [0.1, 0.15) is 35.9 Å². The van der Waals surface area contributed by atoms with Crippen molar-refractivity contribution < 1.29 is 27.4 Å².